The molecule has 1 saturated heterocycles. The third-order valence-electron chi connectivity index (χ3n) is 5.90. The number of nitro benzene ring substituents is 1. The van der Waals surface area contributed by atoms with Gasteiger partial charge in [-0.25, -0.2) is 0 Å². The van der Waals surface area contributed by atoms with Crippen molar-refractivity contribution in [2.45, 2.75) is 19.8 Å². The van der Waals surface area contributed by atoms with Crippen LogP contribution in [0.3, 0.4) is 0 Å². The number of methoxy groups -OCH3 is 3. The Morgan fingerprint density at radius 3 is 1.85 bits per heavy atom. The highest BCUT2D eigenvalue weighted by atomic mass is 16.6. The molecule has 0 radical (unpaired) electrons. The summed E-state index contributed by atoms with van der Waals surface area (Å²) in [5, 5.41) is 11.8. The molecule has 1 heterocycles. The van der Waals surface area contributed by atoms with Crippen LogP contribution in [0.1, 0.15) is 46.0 Å². The number of rotatable bonds is 7. The van der Waals surface area contributed by atoms with Crippen LogP contribution in [0.4, 0.5) is 5.69 Å². The van der Waals surface area contributed by atoms with Gasteiger partial charge in [-0.15, -0.1) is 0 Å². The Morgan fingerprint density at radius 1 is 0.882 bits per heavy atom. The van der Waals surface area contributed by atoms with Gasteiger partial charge in [0.1, 0.15) is 5.56 Å². The van der Waals surface area contributed by atoms with Crippen molar-refractivity contribution in [1.29, 1.82) is 0 Å². The summed E-state index contributed by atoms with van der Waals surface area (Å²) in [6.07, 6.45) is 0. The van der Waals surface area contributed by atoms with E-state index in [1.807, 2.05) is 24.3 Å². The monoisotopic (exact) mass is 471 g/mol. The predicted octanol–water partition coefficient (Wildman–Crippen LogP) is 3.34. The molecule has 0 saturated carbocycles. The molecule has 34 heavy (non-hydrogen) atoms. The van der Waals surface area contributed by atoms with Gasteiger partial charge in [-0.1, -0.05) is 26.0 Å². The van der Waals surface area contributed by atoms with Crippen molar-refractivity contribution in [2.75, 3.05) is 47.5 Å². The Morgan fingerprint density at radius 2 is 1.41 bits per heavy atom. The molecule has 1 aliphatic rings. The highest BCUT2D eigenvalue weighted by molar-refractivity contribution is 6.01. The lowest BCUT2D eigenvalue weighted by molar-refractivity contribution is -0.386. The topological polar surface area (TPSA) is 111 Å². The first kappa shape index (κ1) is 24.8. The molecule has 1 fully saturated rings. The number of piperazine rings is 1. The third-order valence-corrected chi connectivity index (χ3v) is 5.90. The van der Waals surface area contributed by atoms with E-state index in [0.29, 0.717) is 24.6 Å². The standard InChI is InChI=1S/C24H29N3O7/c1-15(2)16-6-8-17(9-7-16)23(28)25-10-12-26(13-11-25)24(29)18-14-19(32-3)21(33-4)22(34-5)20(18)27(30)31/h6-9,14-15H,10-13H2,1-5H3. The van der Waals surface area contributed by atoms with Gasteiger partial charge in [0.25, 0.3) is 11.8 Å². The first-order valence-electron chi connectivity index (χ1n) is 10.9. The zero-order valence-electron chi connectivity index (χ0n) is 20.0. The lowest BCUT2D eigenvalue weighted by atomic mass is 10.0. The average molecular weight is 472 g/mol. The van der Waals surface area contributed by atoms with Crippen molar-refractivity contribution in [3.8, 4) is 17.2 Å². The van der Waals surface area contributed by atoms with E-state index in [9.17, 15) is 19.7 Å². The van der Waals surface area contributed by atoms with Crippen LogP contribution in [0.25, 0.3) is 0 Å². The Balaban J connectivity index is 1.80. The molecular weight excluding hydrogens is 442 g/mol. The van der Waals surface area contributed by atoms with Crippen LogP contribution in [-0.2, 0) is 0 Å². The molecule has 0 spiro atoms. The Bertz CT molecular complexity index is 1070. The zero-order chi connectivity index (χ0) is 25.0. The second-order valence-corrected chi connectivity index (χ2v) is 8.16. The van der Waals surface area contributed by atoms with Crippen LogP contribution in [0.5, 0.6) is 17.2 Å². The summed E-state index contributed by atoms with van der Waals surface area (Å²) in [5.74, 6) is -0.286. The predicted molar refractivity (Wildman–Crippen MR) is 125 cm³/mol. The van der Waals surface area contributed by atoms with Crippen LogP contribution < -0.4 is 14.2 Å². The summed E-state index contributed by atoms with van der Waals surface area (Å²) in [7, 11) is 3.96. The molecule has 0 bridgehead atoms. The van der Waals surface area contributed by atoms with Gasteiger partial charge >= 0.3 is 5.69 Å². The molecule has 1 aliphatic heterocycles. The summed E-state index contributed by atoms with van der Waals surface area (Å²) in [6, 6.07) is 8.81. The number of amides is 2. The quantitative estimate of drug-likeness (QED) is 0.450. The summed E-state index contributed by atoms with van der Waals surface area (Å²) < 4.78 is 15.7. The Hall–Kier alpha value is -3.82. The van der Waals surface area contributed by atoms with Crippen molar-refractivity contribution in [2.24, 2.45) is 0 Å². The first-order chi connectivity index (χ1) is 16.2. The third kappa shape index (κ3) is 4.75. The molecule has 10 nitrogen and oxygen atoms in total. The second-order valence-electron chi connectivity index (χ2n) is 8.16. The van der Waals surface area contributed by atoms with Gasteiger partial charge < -0.3 is 24.0 Å². The molecule has 182 valence electrons. The van der Waals surface area contributed by atoms with Gasteiger partial charge in [-0.2, -0.15) is 0 Å². The maximum absolute atomic E-state index is 13.3. The Kier molecular flexibility index (Phi) is 7.60. The molecule has 3 rings (SSSR count). The van der Waals surface area contributed by atoms with Gasteiger partial charge in [0.2, 0.25) is 11.5 Å². The smallest absolute Gasteiger partial charge is 0.327 e. The van der Waals surface area contributed by atoms with Gasteiger partial charge in [0, 0.05) is 37.8 Å². The van der Waals surface area contributed by atoms with E-state index in [0.717, 1.165) is 5.56 Å². The van der Waals surface area contributed by atoms with E-state index in [-0.39, 0.29) is 41.8 Å². The highest BCUT2D eigenvalue weighted by Gasteiger charge is 2.35. The highest BCUT2D eigenvalue weighted by Crippen LogP contribution is 2.46. The number of benzene rings is 2. The van der Waals surface area contributed by atoms with Crippen LogP contribution in [-0.4, -0.2) is 74.0 Å². The van der Waals surface area contributed by atoms with Crippen LogP contribution in [0.15, 0.2) is 30.3 Å². The molecular formula is C24H29N3O7. The molecule has 10 heteroatoms. The maximum Gasteiger partial charge on any atom is 0.327 e. The molecule has 2 aromatic carbocycles. The molecule has 2 aromatic rings. The number of nitrogens with zero attached hydrogens (tertiary/aromatic N) is 3. The molecule has 0 unspecified atom stereocenters. The SMILES string of the molecule is COc1cc(C(=O)N2CCN(C(=O)c3ccc(C(C)C)cc3)CC2)c([N+](=O)[O-])c(OC)c1OC. The largest absolute Gasteiger partial charge is 0.493 e. The van der Waals surface area contributed by atoms with Crippen molar-refractivity contribution in [3.63, 3.8) is 0 Å². The van der Waals surface area contributed by atoms with E-state index in [1.54, 1.807) is 4.90 Å². The summed E-state index contributed by atoms with van der Waals surface area (Å²) in [6.45, 7) is 5.28. The van der Waals surface area contributed by atoms with Gasteiger partial charge in [-0.3, -0.25) is 19.7 Å². The van der Waals surface area contributed by atoms with E-state index in [2.05, 4.69) is 13.8 Å². The first-order valence-corrected chi connectivity index (χ1v) is 10.9. The Labute approximate surface area is 198 Å². The molecule has 0 aliphatic carbocycles. The minimum absolute atomic E-state index is 0.0344. The van der Waals surface area contributed by atoms with Gasteiger partial charge in [-0.05, 0) is 23.6 Å². The second kappa shape index (κ2) is 10.4. The molecule has 0 atom stereocenters. The van der Waals surface area contributed by atoms with E-state index < -0.39 is 16.5 Å². The average Bonchev–Trinajstić information content (AvgIpc) is 2.86. The fraction of sp³-hybridized carbons (Fsp3) is 0.417. The molecule has 2 amide bonds. The normalized spacial score (nSPS) is 13.6. The van der Waals surface area contributed by atoms with Crippen LogP contribution >= 0.6 is 0 Å². The minimum atomic E-state index is -0.672. The fourth-order valence-electron chi connectivity index (χ4n) is 3.96. The van der Waals surface area contributed by atoms with Crippen molar-refractivity contribution >= 4 is 17.5 Å². The van der Waals surface area contributed by atoms with E-state index in [4.69, 9.17) is 14.2 Å². The summed E-state index contributed by atoms with van der Waals surface area (Å²) in [4.78, 5) is 40.5. The van der Waals surface area contributed by atoms with E-state index in [1.165, 1.54) is 32.3 Å². The van der Waals surface area contributed by atoms with Crippen LogP contribution in [0, 0.1) is 10.1 Å². The molecule has 0 aromatic heterocycles. The lowest BCUT2D eigenvalue weighted by Crippen LogP contribution is -2.50. The van der Waals surface area contributed by atoms with Crippen molar-refractivity contribution < 1.29 is 28.7 Å². The number of carbonyl (C=O) groups is 2. The number of nitro groups is 1. The number of hydrogen-bond donors (Lipinski definition) is 0. The number of hydrogen-bond acceptors (Lipinski definition) is 7. The van der Waals surface area contributed by atoms with Crippen molar-refractivity contribution in [3.05, 3.63) is 57.1 Å². The number of carbonyl (C=O) groups excluding carboxylic acids is 2. The summed E-state index contributed by atoms with van der Waals surface area (Å²) in [5.41, 5.74) is 1.08. The maximum atomic E-state index is 13.3. The van der Waals surface area contributed by atoms with Crippen molar-refractivity contribution in [1.82, 2.24) is 9.80 Å². The zero-order valence-corrected chi connectivity index (χ0v) is 20.0. The van der Waals surface area contributed by atoms with Crippen LogP contribution in [0.2, 0.25) is 0 Å². The van der Waals surface area contributed by atoms with E-state index >= 15 is 0 Å². The van der Waals surface area contributed by atoms with Gasteiger partial charge in [0.05, 0.1) is 26.3 Å². The summed E-state index contributed by atoms with van der Waals surface area (Å²) >= 11 is 0. The molecule has 0 N–H and O–H groups in total. The van der Waals surface area contributed by atoms with Gasteiger partial charge in [0.15, 0.2) is 5.75 Å². The fourth-order valence-corrected chi connectivity index (χ4v) is 3.96. The lowest BCUT2D eigenvalue weighted by Gasteiger charge is -2.35. The minimum Gasteiger partial charge on any atom is -0.493 e. The number of ether oxygens (including phenoxy) is 3.